The quantitative estimate of drug-likeness (QED) is 0.262. The van der Waals surface area contributed by atoms with Crippen molar-refractivity contribution in [2.24, 2.45) is 17.8 Å². The van der Waals surface area contributed by atoms with Crippen LogP contribution in [0.25, 0.3) is 11.0 Å². The van der Waals surface area contributed by atoms with Crippen molar-refractivity contribution in [3.8, 4) is 5.75 Å². The van der Waals surface area contributed by atoms with E-state index in [1.807, 2.05) is 57.2 Å². The van der Waals surface area contributed by atoms with Gasteiger partial charge in [-0.2, -0.15) is 0 Å². The first-order chi connectivity index (χ1) is 23.2. The third kappa shape index (κ3) is 5.46. The Balaban J connectivity index is 1.39. The molecule has 2 bridgehead atoms. The van der Waals surface area contributed by atoms with Gasteiger partial charge in [-0.1, -0.05) is 43.3 Å². The van der Waals surface area contributed by atoms with E-state index < -0.39 is 35.6 Å². The molecular weight excluding hydrogens is 612 g/mol. The SMILES string of the molecule is C=CCN(Cn1nnc2ccccc21)C(=O)C1N([C@@H](CO)C(C)C)C(=O)[C@@H]2[C@@H](C(=O)N(CC=C)c3ccc(OCC)cc3)[C@H]3CCC12O3. The molecule has 6 atom stereocenters. The average Bonchev–Trinajstić information content (AvgIpc) is 3.83. The fraction of sp³-hybridized carbons (Fsp3) is 0.472. The van der Waals surface area contributed by atoms with Gasteiger partial charge in [0, 0.05) is 18.8 Å². The van der Waals surface area contributed by atoms with Crippen LogP contribution in [0.5, 0.6) is 5.75 Å². The van der Waals surface area contributed by atoms with Crippen LogP contribution in [-0.4, -0.2) is 97.7 Å². The molecule has 48 heavy (non-hydrogen) atoms. The number of carbonyl (C=O) groups is 3. The van der Waals surface area contributed by atoms with E-state index in [0.29, 0.717) is 36.4 Å². The van der Waals surface area contributed by atoms with E-state index >= 15 is 0 Å². The summed E-state index contributed by atoms with van der Waals surface area (Å²) >= 11 is 0. The van der Waals surface area contributed by atoms with Crippen LogP contribution < -0.4 is 9.64 Å². The van der Waals surface area contributed by atoms with Crippen molar-refractivity contribution in [2.75, 3.05) is 31.2 Å². The zero-order valence-electron chi connectivity index (χ0n) is 27.8. The summed E-state index contributed by atoms with van der Waals surface area (Å²) in [7, 11) is 0. The summed E-state index contributed by atoms with van der Waals surface area (Å²) in [5.74, 6) is -2.19. The van der Waals surface area contributed by atoms with Gasteiger partial charge in [-0.05, 0) is 62.1 Å². The number of carbonyl (C=O) groups excluding carboxylic acids is 3. The lowest BCUT2D eigenvalue weighted by atomic mass is 9.70. The van der Waals surface area contributed by atoms with Gasteiger partial charge in [0.05, 0.1) is 42.7 Å². The van der Waals surface area contributed by atoms with Crippen LogP contribution in [0.4, 0.5) is 5.69 Å². The molecule has 0 radical (unpaired) electrons. The summed E-state index contributed by atoms with van der Waals surface area (Å²) in [6.07, 6.45) is 3.68. The molecular formula is C36H44N6O6. The number of aliphatic hydroxyl groups excluding tert-OH is 1. The fourth-order valence-electron chi connectivity index (χ4n) is 7.88. The van der Waals surface area contributed by atoms with Crippen LogP contribution in [0.3, 0.4) is 0 Å². The first-order valence-corrected chi connectivity index (χ1v) is 16.6. The molecule has 1 aromatic heterocycles. The number of amides is 3. The predicted molar refractivity (Wildman–Crippen MR) is 180 cm³/mol. The molecule has 6 rings (SSSR count). The Morgan fingerprint density at radius 1 is 1.12 bits per heavy atom. The number of likely N-dealkylation sites (tertiary alicyclic amines) is 1. The Labute approximate surface area is 280 Å². The third-order valence-corrected chi connectivity index (χ3v) is 9.99. The zero-order valence-corrected chi connectivity index (χ0v) is 27.8. The number of aromatic nitrogens is 3. The number of aliphatic hydroxyl groups is 1. The van der Waals surface area contributed by atoms with Crippen molar-refractivity contribution in [3.63, 3.8) is 0 Å². The maximum Gasteiger partial charge on any atom is 0.250 e. The lowest BCUT2D eigenvalue weighted by Gasteiger charge is -2.40. The summed E-state index contributed by atoms with van der Waals surface area (Å²) in [6, 6.07) is 13.0. The van der Waals surface area contributed by atoms with Crippen LogP contribution >= 0.6 is 0 Å². The van der Waals surface area contributed by atoms with Gasteiger partial charge in [0.25, 0.3) is 0 Å². The number of para-hydroxylation sites is 1. The molecule has 1 N–H and O–H groups in total. The first-order valence-electron chi connectivity index (χ1n) is 16.6. The highest BCUT2D eigenvalue weighted by molar-refractivity contribution is 6.03. The number of hydrogen-bond donors (Lipinski definition) is 1. The first kappa shape index (κ1) is 33.4. The standard InChI is InChI=1S/C36H44N6O6/c1-6-19-39(22-41-27-12-10-9-11-26(27)37-38-41)35(46)32-36-18-17-29(48-36)30(31(36)34(45)42(32)28(21-43)23(4)5)33(44)40(20-7-2)24-13-15-25(16-14-24)47-8-3/h6-7,9-16,23,28-32,43H,1-2,8,17-22H2,3-5H3/t28-,29+,30-,31-,32?,36?/m0/s1. The predicted octanol–water partition coefficient (Wildman–Crippen LogP) is 3.41. The summed E-state index contributed by atoms with van der Waals surface area (Å²) < 4.78 is 14.0. The number of hydrogen-bond acceptors (Lipinski definition) is 8. The Hall–Kier alpha value is -4.55. The van der Waals surface area contributed by atoms with Crippen molar-refractivity contribution in [1.29, 1.82) is 0 Å². The second-order valence-corrected chi connectivity index (χ2v) is 13.0. The van der Waals surface area contributed by atoms with Crippen LogP contribution in [0.15, 0.2) is 73.8 Å². The molecule has 1 spiro atoms. The molecule has 3 fully saturated rings. The second kappa shape index (κ2) is 13.5. The van der Waals surface area contributed by atoms with Gasteiger partial charge in [0.15, 0.2) is 0 Å². The van der Waals surface area contributed by atoms with Crippen LogP contribution in [0.1, 0.15) is 33.6 Å². The minimum atomic E-state index is -1.25. The molecule has 0 saturated carbocycles. The van der Waals surface area contributed by atoms with Gasteiger partial charge in [-0.15, -0.1) is 18.3 Å². The molecule has 3 amide bonds. The smallest absolute Gasteiger partial charge is 0.250 e. The fourth-order valence-corrected chi connectivity index (χ4v) is 7.88. The van der Waals surface area contributed by atoms with Gasteiger partial charge in [-0.3, -0.25) is 14.4 Å². The largest absolute Gasteiger partial charge is 0.494 e. The second-order valence-electron chi connectivity index (χ2n) is 13.0. The molecule has 12 nitrogen and oxygen atoms in total. The number of ether oxygens (including phenoxy) is 2. The average molecular weight is 657 g/mol. The normalized spacial score (nSPS) is 24.9. The highest BCUT2D eigenvalue weighted by Gasteiger charge is 2.75. The molecule has 3 aliphatic heterocycles. The minimum Gasteiger partial charge on any atom is -0.494 e. The van der Waals surface area contributed by atoms with Crippen LogP contribution in [0.2, 0.25) is 0 Å². The highest BCUT2D eigenvalue weighted by Crippen LogP contribution is 2.59. The lowest BCUT2D eigenvalue weighted by molar-refractivity contribution is -0.153. The van der Waals surface area contributed by atoms with E-state index in [1.165, 1.54) is 4.90 Å². The zero-order chi connectivity index (χ0) is 34.2. The Bertz CT molecular complexity index is 1690. The summed E-state index contributed by atoms with van der Waals surface area (Å²) in [6.45, 7) is 14.1. The van der Waals surface area contributed by atoms with Crippen molar-refractivity contribution in [1.82, 2.24) is 24.8 Å². The monoisotopic (exact) mass is 656 g/mol. The molecule has 3 saturated heterocycles. The highest BCUT2D eigenvalue weighted by atomic mass is 16.5. The van der Waals surface area contributed by atoms with Gasteiger partial charge in [-0.25, -0.2) is 4.68 Å². The Morgan fingerprint density at radius 3 is 2.52 bits per heavy atom. The molecule has 4 heterocycles. The van der Waals surface area contributed by atoms with E-state index in [2.05, 4.69) is 23.5 Å². The molecule has 2 aromatic carbocycles. The van der Waals surface area contributed by atoms with Gasteiger partial charge in [0.2, 0.25) is 17.7 Å². The maximum atomic E-state index is 14.9. The summed E-state index contributed by atoms with van der Waals surface area (Å²) in [4.78, 5) is 48.9. The van der Waals surface area contributed by atoms with Crippen molar-refractivity contribution in [3.05, 3.63) is 73.8 Å². The van der Waals surface area contributed by atoms with E-state index in [9.17, 15) is 19.5 Å². The summed E-state index contributed by atoms with van der Waals surface area (Å²) in [5, 5.41) is 19.2. The van der Waals surface area contributed by atoms with Gasteiger partial charge < -0.3 is 29.3 Å². The van der Waals surface area contributed by atoms with E-state index in [-0.39, 0.29) is 50.0 Å². The lowest BCUT2D eigenvalue weighted by Crippen LogP contribution is -2.59. The molecule has 0 aliphatic carbocycles. The Kier molecular flexibility index (Phi) is 9.39. The van der Waals surface area contributed by atoms with Gasteiger partial charge in [0.1, 0.15) is 29.6 Å². The number of rotatable bonds is 14. The molecule has 3 aliphatic rings. The number of nitrogens with zero attached hydrogens (tertiary/aromatic N) is 6. The number of benzene rings is 2. The van der Waals surface area contributed by atoms with E-state index in [0.717, 1.165) is 5.52 Å². The minimum absolute atomic E-state index is 0.0623. The van der Waals surface area contributed by atoms with Crippen molar-refractivity contribution >= 4 is 34.4 Å². The van der Waals surface area contributed by atoms with E-state index in [1.54, 1.807) is 38.8 Å². The molecule has 2 unspecified atom stereocenters. The Morgan fingerprint density at radius 2 is 1.85 bits per heavy atom. The van der Waals surface area contributed by atoms with Crippen LogP contribution in [0, 0.1) is 17.8 Å². The number of anilines is 1. The maximum absolute atomic E-state index is 14.9. The van der Waals surface area contributed by atoms with E-state index in [4.69, 9.17) is 9.47 Å². The van der Waals surface area contributed by atoms with Crippen LogP contribution in [-0.2, 0) is 25.8 Å². The molecule has 12 heteroatoms. The third-order valence-electron chi connectivity index (χ3n) is 9.99. The van der Waals surface area contributed by atoms with Crippen molar-refractivity contribution < 1.29 is 29.0 Å². The number of fused-ring (bicyclic) bond motifs is 2. The summed E-state index contributed by atoms with van der Waals surface area (Å²) in [5.41, 5.74) is 0.841. The van der Waals surface area contributed by atoms with Crippen molar-refractivity contribution in [2.45, 2.75) is 64.1 Å². The molecule has 3 aromatic rings. The topological polar surface area (TPSA) is 130 Å². The van der Waals surface area contributed by atoms with Gasteiger partial charge >= 0.3 is 0 Å². The molecule has 254 valence electrons.